The van der Waals surface area contributed by atoms with Gasteiger partial charge in [-0.3, -0.25) is 4.79 Å². The predicted octanol–water partition coefficient (Wildman–Crippen LogP) is 3.07. The van der Waals surface area contributed by atoms with Crippen LogP contribution in [0.2, 0.25) is 0 Å². The number of carbonyl (C=O) groups excluding carboxylic acids is 1. The number of amides is 1. The molecule has 30 heavy (non-hydrogen) atoms. The molecule has 0 N–H and O–H groups in total. The third-order valence-electron chi connectivity index (χ3n) is 5.92. The minimum Gasteiger partial charge on any atom is -0.371 e. The zero-order valence-electron chi connectivity index (χ0n) is 17.3. The van der Waals surface area contributed by atoms with E-state index >= 15 is 0 Å². The molecule has 1 unspecified atom stereocenters. The number of sulfonamides is 1. The van der Waals surface area contributed by atoms with E-state index in [-0.39, 0.29) is 16.9 Å². The van der Waals surface area contributed by atoms with Crippen molar-refractivity contribution in [1.29, 1.82) is 0 Å². The van der Waals surface area contributed by atoms with Gasteiger partial charge in [-0.25, -0.2) is 8.42 Å². The lowest BCUT2D eigenvalue weighted by Gasteiger charge is -2.29. The largest absolute Gasteiger partial charge is 0.371 e. The minimum absolute atomic E-state index is 0.0485. The molecule has 0 bridgehead atoms. The Labute approximate surface area is 178 Å². The maximum absolute atomic E-state index is 12.8. The lowest BCUT2D eigenvalue weighted by atomic mass is 9.99. The van der Waals surface area contributed by atoms with E-state index in [0.29, 0.717) is 31.8 Å². The highest BCUT2D eigenvalue weighted by Crippen LogP contribution is 2.23. The van der Waals surface area contributed by atoms with E-state index in [0.717, 1.165) is 25.7 Å². The zero-order chi connectivity index (χ0) is 21.1. The van der Waals surface area contributed by atoms with Crippen molar-refractivity contribution in [1.82, 2.24) is 9.21 Å². The molecule has 0 aromatic heterocycles. The highest BCUT2D eigenvalue weighted by molar-refractivity contribution is 7.89. The molecule has 1 saturated heterocycles. The number of piperidine rings is 1. The Morgan fingerprint density at radius 2 is 1.70 bits per heavy atom. The number of rotatable bonds is 5. The first-order valence-electron chi connectivity index (χ1n) is 10.5. The SMILES string of the molecule is CN(CC1Cc2ccccc2CO1)C(=O)c1ccc(S(=O)(=O)N2CCCCC2)cc1. The molecule has 7 heteroatoms. The molecule has 0 aliphatic carbocycles. The van der Waals surface area contributed by atoms with E-state index in [4.69, 9.17) is 4.74 Å². The van der Waals surface area contributed by atoms with Crippen molar-refractivity contribution in [3.63, 3.8) is 0 Å². The Morgan fingerprint density at radius 3 is 2.40 bits per heavy atom. The van der Waals surface area contributed by atoms with E-state index in [9.17, 15) is 13.2 Å². The van der Waals surface area contributed by atoms with Gasteiger partial charge in [-0.15, -0.1) is 0 Å². The smallest absolute Gasteiger partial charge is 0.253 e. The zero-order valence-corrected chi connectivity index (χ0v) is 18.1. The molecule has 0 spiro atoms. The molecule has 4 rings (SSSR count). The first-order valence-corrected chi connectivity index (χ1v) is 11.9. The second kappa shape index (κ2) is 8.88. The number of nitrogens with zero attached hydrogens (tertiary/aromatic N) is 2. The van der Waals surface area contributed by atoms with E-state index in [1.165, 1.54) is 15.4 Å². The van der Waals surface area contributed by atoms with Crippen LogP contribution in [0.3, 0.4) is 0 Å². The Morgan fingerprint density at radius 1 is 1.03 bits per heavy atom. The van der Waals surface area contributed by atoms with Gasteiger partial charge in [0.25, 0.3) is 5.91 Å². The van der Waals surface area contributed by atoms with Crippen LogP contribution in [0.1, 0.15) is 40.7 Å². The van der Waals surface area contributed by atoms with Gasteiger partial charge in [0.1, 0.15) is 0 Å². The Balaban J connectivity index is 1.40. The predicted molar refractivity (Wildman–Crippen MR) is 115 cm³/mol. The van der Waals surface area contributed by atoms with Crippen LogP contribution in [-0.4, -0.2) is 56.3 Å². The van der Waals surface area contributed by atoms with Crippen LogP contribution in [0.25, 0.3) is 0 Å². The molecule has 2 aromatic rings. The first-order chi connectivity index (χ1) is 14.4. The second-order valence-corrected chi connectivity index (χ2v) is 10.0. The maximum Gasteiger partial charge on any atom is 0.253 e. The van der Waals surface area contributed by atoms with Crippen LogP contribution < -0.4 is 0 Å². The monoisotopic (exact) mass is 428 g/mol. The summed E-state index contributed by atoms with van der Waals surface area (Å²) in [6, 6.07) is 14.5. The van der Waals surface area contributed by atoms with Gasteiger partial charge in [-0.1, -0.05) is 30.7 Å². The summed E-state index contributed by atoms with van der Waals surface area (Å²) >= 11 is 0. The van der Waals surface area contributed by atoms with Crippen LogP contribution in [0.4, 0.5) is 0 Å². The van der Waals surface area contributed by atoms with Crippen LogP contribution in [-0.2, 0) is 27.8 Å². The van der Waals surface area contributed by atoms with Crippen LogP contribution in [0.15, 0.2) is 53.4 Å². The van der Waals surface area contributed by atoms with E-state index < -0.39 is 10.0 Å². The van der Waals surface area contributed by atoms with Gasteiger partial charge >= 0.3 is 0 Å². The number of carbonyl (C=O) groups is 1. The van der Waals surface area contributed by atoms with Crippen molar-refractivity contribution in [3.8, 4) is 0 Å². The molecule has 6 nitrogen and oxygen atoms in total. The van der Waals surface area contributed by atoms with E-state index in [1.54, 1.807) is 36.2 Å². The first kappa shape index (κ1) is 21.0. The number of likely N-dealkylation sites (N-methyl/N-ethyl adjacent to an activating group) is 1. The molecule has 160 valence electrons. The summed E-state index contributed by atoms with van der Waals surface area (Å²) in [6.45, 7) is 2.18. The van der Waals surface area contributed by atoms with Crippen molar-refractivity contribution in [2.24, 2.45) is 0 Å². The van der Waals surface area contributed by atoms with E-state index in [2.05, 4.69) is 12.1 Å². The molecule has 2 heterocycles. The third kappa shape index (κ3) is 4.43. The number of ether oxygens (including phenoxy) is 1. The summed E-state index contributed by atoms with van der Waals surface area (Å²) in [6.07, 6.45) is 3.60. The fraction of sp³-hybridized carbons (Fsp3) is 0.435. The quantitative estimate of drug-likeness (QED) is 0.734. The normalized spacial score (nSPS) is 19.8. The molecule has 1 fully saturated rings. The Hall–Kier alpha value is -2.22. The van der Waals surface area contributed by atoms with Gasteiger partial charge in [-0.05, 0) is 48.2 Å². The van der Waals surface area contributed by atoms with Gasteiger partial charge in [0.2, 0.25) is 10.0 Å². The molecular weight excluding hydrogens is 400 g/mol. The number of hydrogen-bond donors (Lipinski definition) is 0. The van der Waals surface area contributed by atoms with Crippen LogP contribution in [0, 0.1) is 0 Å². The van der Waals surface area contributed by atoms with Gasteiger partial charge in [0.15, 0.2) is 0 Å². The summed E-state index contributed by atoms with van der Waals surface area (Å²) < 4.78 is 33.0. The molecule has 2 aliphatic heterocycles. The van der Waals surface area contributed by atoms with Crippen molar-refractivity contribution in [2.45, 2.75) is 43.3 Å². The van der Waals surface area contributed by atoms with Crippen LogP contribution in [0.5, 0.6) is 0 Å². The van der Waals surface area contributed by atoms with Gasteiger partial charge in [-0.2, -0.15) is 4.31 Å². The molecule has 2 aliphatic rings. The van der Waals surface area contributed by atoms with Crippen molar-refractivity contribution >= 4 is 15.9 Å². The molecule has 1 atom stereocenters. The molecule has 2 aromatic carbocycles. The van der Waals surface area contributed by atoms with Crippen molar-refractivity contribution < 1.29 is 17.9 Å². The average Bonchev–Trinajstić information content (AvgIpc) is 2.79. The van der Waals surface area contributed by atoms with E-state index in [1.807, 2.05) is 12.1 Å². The fourth-order valence-electron chi connectivity index (χ4n) is 4.16. The van der Waals surface area contributed by atoms with Gasteiger partial charge < -0.3 is 9.64 Å². The topological polar surface area (TPSA) is 66.9 Å². The molecule has 0 radical (unpaired) electrons. The van der Waals surface area contributed by atoms with Gasteiger partial charge in [0, 0.05) is 38.7 Å². The molecule has 1 amide bonds. The average molecular weight is 429 g/mol. The third-order valence-corrected chi connectivity index (χ3v) is 7.83. The standard InChI is InChI=1S/C23H28N2O4S/c1-24(16-21-15-19-7-3-4-8-20(19)17-29-21)23(26)18-9-11-22(12-10-18)30(27,28)25-13-5-2-6-14-25/h3-4,7-12,21H,2,5-6,13-17H2,1H3. The highest BCUT2D eigenvalue weighted by Gasteiger charge is 2.27. The number of benzene rings is 2. The lowest BCUT2D eigenvalue weighted by molar-refractivity contribution is 0.00985. The molecule has 0 saturated carbocycles. The summed E-state index contributed by atoms with van der Waals surface area (Å²) in [5.41, 5.74) is 2.95. The Kier molecular flexibility index (Phi) is 6.22. The van der Waals surface area contributed by atoms with Crippen molar-refractivity contribution in [2.75, 3.05) is 26.7 Å². The van der Waals surface area contributed by atoms with Gasteiger partial charge in [0.05, 0.1) is 17.6 Å². The Bertz CT molecular complexity index is 998. The minimum atomic E-state index is -3.49. The maximum atomic E-state index is 12.8. The number of hydrogen-bond acceptors (Lipinski definition) is 4. The van der Waals surface area contributed by atoms with Crippen molar-refractivity contribution in [3.05, 3.63) is 65.2 Å². The molecular formula is C23H28N2O4S. The van der Waals surface area contributed by atoms with Crippen LogP contribution >= 0.6 is 0 Å². The summed E-state index contributed by atoms with van der Waals surface area (Å²) in [4.78, 5) is 14.7. The summed E-state index contributed by atoms with van der Waals surface area (Å²) in [5, 5.41) is 0. The lowest BCUT2D eigenvalue weighted by Crippen LogP contribution is -2.38. The summed E-state index contributed by atoms with van der Waals surface area (Å²) in [5.74, 6) is -0.139. The number of fused-ring (bicyclic) bond motifs is 1. The summed E-state index contributed by atoms with van der Waals surface area (Å²) in [7, 11) is -1.73. The fourth-order valence-corrected chi connectivity index (χ4v) is 5.68. The highest BCUT2D eigenvalue weighted by atomic mass is 32.2. The second-order valence-electron chi connectivity index (χ2n) is 8.08.